The molecule has 4 saturated heterocycles. The summed E-state index contributed by atoms with van der Waals surface area (Å²) >= 11 is 0. The third-order valence-electron chi connectivity index (χ3n) is 11.1. The van der Waals surface area contributed by atoms with Crippen molar-refractivity contribution in [2.75, 3.05) is 19.6 Å². The molecule has 4 aliphatic rings. The molecule has 1 aromatic carbocycles. The summed E-state index contributed by atoms with van der Waals surface area (Å²) in [6.45, 7) is 7.53. The zero-order valence-corrected chi connectivity index (χ0v) is 32.6. The second-order valence-corrected chi connectivity index (χ2v) is 15.5. The summed E-state index contributed by atoms with van der Waals surface area (Å²) in [6, 6.07) is -4.21. The highest BCUT2D eigenvalue weighted by molar-refractivity contribution is 5.98. The van der Waals surface area contributed by atoms with Gasteiger partial charge in [0.25, 0.3) is 0 Å². The monoisotopic (exact) mass is 784 g/mol. The Morgan fingerprint density at radius 1 is 0.875 bits per heavy atom. The summed E-state index contributed by atoms with van der Waals surface area (Å²) in [5, 5.41) is 7.99. The first kappa shape index (κ1) is 42.3. The highest BCUT2D eigenvalue weighted by atomic mass is 19.1. The number of amides is 6. The van der Waals surface area contributed by atoms with Crippen molar-refractivity contribution in [1.82, 2.24) is 30.7 Å². The van der Waals surface area contributed by atoms with Crippen LogP contribution >= 0.6 is 0 Å². The number of nitrogens with one attached hydrogen (secondary N) is 3. The number of carbonyl (C=O) groups excluding carboxylic acids is 7. The number of halogens is 2. The second kappa shape index (κ2) is 18.8. The average Bonchev–Trinajstić information content (AvgIpc) is 3.85. The lowest BCUT2D eigenvalue weighted by Crippen LogP contribution is -2.63. The Balaban J connectivity index is 1.50. The van der Waals surface area contributed by atoms with Crippen molar-refractivity contribution in [1.29, 1.82) is 0 Å². The molecule has 0 bridgehead atoms. The van der Waals surface area contributed by atoms with Gasteiger partial charge in [0, 0.05) is 32.1 Å². The van der Waals surface area contributed by atoms with Crippen molar-refractivity contribution in [3.8, 4) is 0 Å². The Bertz CT molecular complexity index is 1690. The number of cyclic esters (lactones) is 1. The summed E-state index contributed by atoms with van der Waals surface area (Å²) in [5.74, 6) is -6.24. The van der Waals surface area contributed by atoms with Crippen molar-refractivity contribution in [2.45, 2.75) is 134 Å². The molecule has 5 rings (SSSR count). The van der Waals surface area contributed by atoms with Crippen molar-refractivity contribution in [2.24, 2.45) is 5.92 Å². The molecule has 0 spiro atoms. The fourth-order valence-corrected chi connectivity index (χ4v) is 8.08. The SMILES string of the molecule is CCCC/C=C/C(=O)N[C@@H](Cc1cc(F)cc(F)c1)C(=O)N[C@@H]1C(=O)N2CCC[C@H]2C(=O)N2CCC(C)C[C@H]2C(=O)N[C@@H](C)C(=O)N2CCC[C@H]2C(=O)O[C@H]1C. The third kappa shape index (κ3) is 10.1. The highest BCUT2D eigenvalue weighted by Crippen LogP contribution is 2.29. The Labute approximate surface area is 326 Å². The number of rotatable bonds is 9. The van der Waals surface area contributed by atoms with Gasteiger partial charge in [0.05, 0.1) is 0 Å². The van der Waals surface area contributed by atoms with Crippen LogP contribution in [0.4, 0.5) is 8.78 Å². The van der Waals surface area contributed by atoms with E-state index in [1.807, 2.05) is 13.8 Å². The van der Waals surface area contributed by atoms with Crippen LogP contribution in [0.5, 0.6) is 0 Å². The maximum absolute atomic E-state index is 14.6. The van der Waals surface area contributed by atoms with Gasteiger partial charge in [-0.3, -0.25) is 28.8 Å². The Hall–Kier alpha value is -4.89. The van der Waals surface area contributed by atoms with Gasteiger partial charge in [-0.25, -0.2) is 13.6 Å². The molecule has 4 heterocycles. The van der Waals surface area contributed by atoms with Crippen molar-refractivity contribution < 1.29 is 47.1 Å². The predicted octanol–water partition coefficient (Wildman–Crippen LogP) is 2.28. The summed E-state index contributed by atoms with van der Waals surface area (Å²) in [5.41, 5.74) is 0.0570. The molecule has 14 nitrogen and oxygen atoms in total. The van der Waals surface area contributed by atoms with E-state index in [2.05, 4.69) is 16.0 Å². The third-order valence-corrected chi connectivity index (χ3v) is 11.1. The minimum absolute atomic E-state index is 0.0570. The molecule has 1 unspecified atom stereocenters. The number of nitrogens with zero attached hydrogens (tertiary/aromatic N) is 3. The number of hydrogen-bond donors (Lipinski definition) is 3. The number of fused-ring (bicyclic) bond motifs is 3. The number of benzene rings is 1. The minimum Gasteiger partial charge on any atom is -0.458 e. The summed E-state index contributed by atoms with van der Waals surface area (Å²) in [7, 11) is 0. The van der Waals surface area contributed by atoms with Gasteiger partial charge in [-0.2, -0.15) is 0 Å². The quantitative estimate of drug-likeness (QED) is 0.194. The summed E-state index contributed by atoms with van der Waals surface area (Å²) in [4.78, 5) is 101. The molecule has 4 fully saturated rings. The molecule has 0 aliphatic carbocycles. The lowest BCUT2D eigenvalue weighted by Gasteiger charge is -2.41. The minimum atomic E-state index is -1.58. The Morgan fingerprint density at radius 2 is 1.52 bits per heavy atom. The van der Waals surface area contributed by atoms with Crippen LogP contribution in [0.1, 0.15) is 91.0 Å². The van der Waals surface area contributed by atoms with Crippen LogP contribution in [-0.4, -0.2) is 118 Å². The van der Waals surface area contributed by atoms with E-state index in [1.165, 1.54) is 34.6 Å². The molecular formula is C40H54F2N6O8. The van der Waals surface area contributed by atoms with Crippen LogP contribution in [0.15, 0.2) is 30.4 Å². The maximum Gasteiger partial charge on any atom is 0.329 e. The van der Waals surface area contributed by atoms with Crippen molar-refractivity contribution >= 4 is 41.4 Å². The van der Waals surface area contributed by atoms with Gasteiger partial charge < -0.3 is 35.4 Å². The number of ether oxygens (including phenoxy) is 1. The molecule has 0 radical (unpaired) electrons. The van der Waals surface area contributed by atoms with Crippen LogP contribution in [0, 0.1) is 17.6 Å². The Kier molecular flexibility index (Phi) is 14.2. The normalized spacial score (nSPS) is 28.4. The fourth-order valence-electron chi connectivity index (χ4n) is 8.08. The van der Waals surface area contributed by atoms with Crippen LogP contribution < -0.4 is 16.0 Å². The largest absolute Gasteiger partial charge is 0.458 e. The predicted molar refractivity (Wildman–Crippen MR) is 199 cm³/mol. The van der Waals surface area contributed by atoms with E-state index in [1.54, 1.807) is 6.08 Å². The fraction of sp³-hybridized carbons (Fsp3) is 0.625. The van der Waals surface area contributed by atoms with Gasteiger partial charge in [-0.15, -0.1) is 0 Å². The topological polar surface area (TPSA) is 175 Å². The maximum atomic E-state index is 14.6. The number of unbranched alkanes of at least 4 members (excludes halogenated alkanes) is 2. The smallest absolute Gasteiger partial charge is 0.329 e. The first-order valence-electron chi connectivity index (χ1n) is 19.8. The first-order valence-corrected chi connectivity index (χ1v) is 19.8. The molecule has 0 aromatic heterocycles. The molecule has 306 valence electrons. The van der Waals surface area contributed by atoms with Gasteiger partial charge in [-0.05, 0) is 88.5 Å². The van der Waals surface area contributed by atoms with Crippen LogP contribution in [0.3, 0.4) is 0 Å². The lowest BCUT2D eigenvalue weighted by molar-refractivity contribution is -0.163. The number of hydrogen-bond acceptors (Lipinski definition) is 8. The van der Waals surface area contributed by atoms with Gasteiger partial charge >= 0.3 is 5.97 Å². The summed E-state index contributed by atoms with van der Waals surface area (Å²) < 4.78 is 34.3. The van der Waals surface area contributed by atoms with Gasteiger partial charge in [0.2, 0.25) is 35.4 Å². The molecule has 16 heteroatoms. The van der Waals surface area contributed by atoms with Crippen molar-refractivity contribution in [3.63, 3.8) is 0 Å². The highest BCUT2D eigenvalue weighted by Gasteiger charge is 2.47. The van der Waals surface area contributed by atoms with Crippen LogP contribution in [0.2, 0.25) is 0 Å². The molecule has 8 atom stereocenters. The van der Waals surface area contributed by atoms with Gasteiger partial charge in [-0.1, -0.05) is 32.8 Å². The van der Waals surface area contributed by atoms with Crippen LogP contribution in [0.25, 0.3) is 0 Å². The Morgan fingerprint density at radius 3 is 2.20 bits per heavy atom. The first-order chi connectivity index (χ1) is 26.7. The molecule has 6 amide bonds. The van der Waals surface area contributed by atoms with Gasteiger partial charge in [0.15, 0.2) is 0 Å². The van der Waals surface area contributed by atoms with E-state index < -0.39 is 95.4 Å². The second-order valence-electron chi connectivity index (χ2n) is 15.5. The average molecular weight is 785 g/mol. The lowest BCUT2D eigenvalue weighted by atomic mass is 9.91. The molecule has 4 aliphatic heterocycles. The van der Waals surface area contributed by atoms with E-state index in [4.69, 9.17) is 4.74 Å². The number of esters is 1. The number of allylic oxidation sites excluding steroid dienone is 1. The van der Waals surface area contributed by atoms with Gasteiger partial charge in [0.1, 0.15) is 54.0 Å². The standard InChI is InChI=1S/C40H54F2N6O8/c1-5-6-7-8-13-33(49)44-29(21-26-19-27(41)22-28(42)20-26)35(50)45-34-25(4)56-40(55)31-12-10-16-47(31)37(52)24(3)43-36(51)32-18-23(2)14-17-48(32)38(53)30-11-9-15-46(30)39(34)54/h8,13,19-20,22-25,29-32,34H,5-7,9-12,14-18,21H2,1-4H3,(H,43,51)(H,44,49)(H,45,50)/b13-8+/t23?,24-,25-,29-,30-,31-,32-,34-/m0/s1. The molecular weight excluding hydrogens is 730 g/mol. The van der Waals surface area contributed by atoms with E-state index in [0.29, 0.717) is 38.2 Å². The number of carbonyl (C=O) groups is 7. The molecule has 56 heavy (non-hydrogen) atoms. The summed E-state index contributed by atoms with van der Waals surface area (Å²) in [6.07, 6.45) is 5.98. The zero-order valence-electron chi connectivity index (χ0n) is 32.6. The van der Waals surface area contributed by atoms with Crippen molar-refractivity contribution in [3.05, 3.63) is 47.5 Å². The zero-order chi connectivity index (χ0) is 40.7. The van der Waals surface area contributed by atoms with E-state index in [-0.39, 0.29) is 50.4 Å². The van der Waals surface area contributed by atoms with Crippen LogP contribution in [-0.2, 0) is 44.7 Å². The van der Waals surface area contributed by atoms with E-state index >= 15 is 0 Å². The number of piperidine rings is 1. The molecule has 0 saturated carbocycles. The molecule has 3 N–H and O–H groups in total. The van der Waals surface area contributed by atoms with E-state index in [0.717, 1.165) is 25.0 Å². The molecule has 1 aromatic rings. The van der Waals surface area contributed by atoms with E-state index in [9.17, 15) is 42.3 Å².